The molecule has 0 aliphatic heterocycles. The molecule has 0 aromatic heterocycles. The summed E-state index contributed by atoms with van der Waals surface area (Å²) in [6.07, 6.45) is 5.90. The van der Waals surface area contributed by atoms with E-state index in [0.29, 0.717) is 24.0 Å². The number of ether oxygens (including phenoxy) is 1. The topological polar surface area (TPSA) is 9.23 Å². The molecule has 0 amide bonds. The Labute approximate surface area is 218 Å². The molecule has 0 radical (unpaired) electrons. The van der Waals surface area contributed by atoms with E-state index < -0.39 is 35.4 Å². The van der Waals surface area contributed by atoms with Crippen LogP contribution in [0.25, 0.3) is 21.9 Å². The Morgan fingerprint density at radius 1 is 0.789 bits per heavy atom. The fourth-order valence-corrected chi connectivity index (χ4v) is 5.58. The first-order chi connectivity index (χ1) is 18.1. The van der Waals surface area contributed by atoms with Crippen LogP contribution in [0.3, 0.4) is 0 Å². The summed E-state index contributed by atoms with van der Waals surface area (Å²) in [5.41, 5.74) is 0.198. The minimum absolute atomic E-state index is 0.0173. The van der Waals surface area contributed by atoms with Crippen molar-refractivity contribution in [1.29, 1.82) is 0 Å². The Morgan fingerprint density at radius 3 is 2.03 bits per heavy atom. The van der Waals surface area contributed by atoms with E-state index in [4.69, 9.17) is 0 Å². The van der Waals surface area contributed by atoms with E-state index in [1.165, 1.54) is 56.7 Å². The van der Waals surface area contributed by atoms with Crippen molar-refractivity contribution in [2.75, 3.05) is 0 Å². The molecule has 3 aromatic carbocycles. The molecule has 0 bridgehead atoms. The van der Waals surface area contributed by atoms with E-state index in [-0.39, 0.29) is 21.9 Å². The van der Waals surface area contributed by atoms with E-state index in [1.807, 2.05) is 0 Å². The lowest BCUT2D eigenvalue weighted by atomic mass is 9.77. The summed E-state index contributed by atoms with van der Waals surface area (Å²) in [5.74, 6) is -4.98. The molecule has 4 rings (SSSR count). The molecule has 0 spiro atoms. The van der Waals surface area contributed by atoms with Crippen LogP contribution in [0.5, 0.6) is 5.75 Å². The van der Waals surface area contributed by atoms with Crippen molar-refractivity contribution in [2.24, 2.45) is 11.8 Å². The molecule has 0 heterocycles. The Kier molecular flexibility index (Phi) is 8.89. The van der Waals surface area contributed by atoms with Crippen molar-refractivity contribution in [3.05, 3.63) is 65.2 Å². The molecule has 1 aliphatic carbocycles. The van der Waals surface area contributed by atoms with E-state index >= 15 is 8.78 Å². The lowest BCUT2D eigenvalue weighted by Gasteiger charge is -2.28. The third-order valence-corrected chi connectivity index (χ3v) is 7.62. The molecule has 1 aliphatic rings. The molecule has 1 fully saturated rings. The summed E-state index contributed by atoms with van der Waals surface area (Å²) in [6, 6.07) is 6.57. The molecule has 0 N–H and O–H groups in total. The minimum Gasteiger partial charge on any atom is -0.399 e. The minimum atomic E-state index is -5.28. The maximum atomic E-state index is 15.0. The molecule has 8 heteroatoms. The van der Waals surface area contributed by atoms with E-state index in [0.717, 1.165) is 37.3 Å². The number of aryl methyl sites for hydroxylation is 1. The third-order valence-electron chi connectivity index (χ3n) is 7.62. The van der Waals surface area contributed by atoms with Crippen LogP contribution in [-0.4, -0.2) is 6.36 Å². The van der Waals surface area contributed by atoms with Crippen LogP contribution in [0, 0.1) is 35.1 Å². The van der Waals surface area contributed by atoms with Crippen molar-refractivity contribution < 1.29 is 35.5 Å². The second-order valence-electron chi connectivity index (χ2n) is 10.3. The summed E-state index contributed by atoms with van der Waals surface area (Å²) in [6.45, 7) is 2.20. The van der Waals surface area contributed by atoms with Gasteiger partial charge in [0.2, 0.25) is 5.75 Å². The first kappa shape index (κ1) is 28.2. The van der Waals surface area contributed by atoms with E-state index in [1.54, 1.807) is 0 Å². The number of hydrogen-bond acceptors (Lipinski definition) is 1. The highest BCUT2D eigenvalue weighted by Gasteiger charge is 2.34. The Hall–Kier alpha value is -2.77. The average Bonchev–Trinajstić information content (AvgIpc) is 2.85. The van der Waals surface area contributed by atoms with Crippen LogP contribution in [0.4, 0.5) is 30.7 Å². The highest BCUT2D eigenvalue weighted by molar-refractivity contribution is 5.89. The van der Waals surface area contributed by atoms with Gasteiger partial charge in [-0.15, -0.1) is 13.2 Å². The number of halogens is 7. The predicted octanol–water partition coefficient (Wildman–Crippen LogP) is 10.3. The van der Waals surface area contributed by atoms with Gasteiger partial charge in [-0.2, -0.15) is 0 Å². The smallest absolute Gasteiger partial charge is 0.399 e. The third kappa shape index (κ3) is 6.80. The molecule has 38 heavy (non-hydrogen) atoms. The molecule has 0 atom stereocenters. The number of alkyl halides is 3. The van der Waals surface area contributed by atoms with Gasteiger partial charge in [0.1, 0.15) is 11.6 Å². The van der Waals surface area contributed by atoms with Crippen molar-refractivity contribution in [2.45, 2.75) is 77.5 Å². The van der Waals surface area contributed by atoms with Gasteiger partial charge in [-0.25, -0.2) is 17.6 Å². The predicted molar refractivity (Wildman–Crippen MR) is 134 cm³/mol. The average molecular weight is 541 g/mol. The summed E-state index contributed by atoms with van der Waals surface area (Å²) in [7, 11) is 0. The van der Waals surface area contributed by atoms with Gasteiger partial charge < -0.3 is 4.74 Å². The zero-order chi connectivity index (χ0) is 27.4. The SMILES string of the molecule is CCCCCC1CCC(CCc2cc(F)c(-c3ccc4c(F)c(OC(F)(F)F)c(F)cc4c3)c(F)c2)CC1. The monoisotopic (exact) mass is 540 g/mol. The summed E-state index contributed by atoms with van der Waals surface area (Å²) >= 11 is 0. The molecule has 0 saturated heterocycles. The molecular weight excluding hydrogens is 509 g/mol. The van der Waals surface area contributed by atoms with Gasteiger partial charge in [-0.1, -0.05) is 70.4 Å². The number of rotatable bonds is 9. The Bertz CT molecular complexity index is 1240. The van der Waals surface area contributed by atoms with Gasteiger partial charge in [0.15, 0.2) is 11.6 Å². The lowest BCUT2D eigenvalue weighted by molar-refractivity contribution is -0.276. The lowest BCUT2D eigenvalue weighted by Crippen LogP contribution is -2.19. The second kappa shape index (κ2) is 12.0. The van der Waals surface area contributed by atoms with Crippen LogP contribution in [0.2, 0.25) is 0 Å². The normalized spacial score (nSPS) is 18.2. The number of unbranched alkanes of at least 4 members (excludes halogenated alkanes) is 2. The Balaban J connectivity index is 1.46. The van der Waals surface area contributed by atoms with Gasteiger partial charge in [0, 0.05) is 5.39 Å². The van der Waals surface area contributed by atoms with E-state index in [2.05, 4.69) is 11.7 Å². The zero-order valence-corrected chi connectivity index (χ0v) is 21.2. The fourth-order valence-electron chi connectivity index (χ4n) is 5.58. The molecule has 206 valence electrons. The summed E-state index contributed by atoms with van der Waals surface area (Å²) < 4.78 is 99.7. The van der Waals surface area contributed by atoms with Crippen molar-refractivity contribution >= 4 is 10.8 Å². The molecule has 3 aromatic rings. The summed E-state index contributed by atoms with van der Waals surface area (Å²) in [5, 5.41) is -0.521. The maximum absolute atomic E-state index is 15.0. The van der Waals surface area contributed by atoms with Crippen LogP contribution in [-0.2, 0) is 6.42 Å². The largest absolute Gasteiger partial charge is 0.573 e. The molecule has 1 saturated carbocycles. The van der Waals surface area contributed by atoms with Gasteiger partial charge in [0.05, 0.1) is 5.56 Å². The van der Waals surface area contributed by atoms with E-state index in [9.17, 15) is 22.0 Å². The van der Waals surface area contributed by atoms with Crippen molar-refractivity contribution in [1.82, 2.24) is 0 Å². The number of hydrogen-bond donors (Lipinski definition) is 0. The van der Waals surface area contributed by atoms with Gasteiger partial charge in [0.25, 0.3) is 0 Å². The molecule has 1 nitrogen and oxygen atoms in total. The highest BCUT2D eigenvalue weighted by atomic mass is 19.4. The Morgan fingerprint density at radius 2 is 1.42 bits per heavy atom. The fraction of sp³-hybridized carbons (Fsp3) is 0.467. The summed E-state index contributed by atoms with van der Waals surface area (Å²) in [4.78, 5) is 0. The standard InChI is InChI=1S/C30H31F7O/c1-2-3-4-5-18-6-8-19(9-7-18)10-11-20-14-24(31)27(25(32)15-20)21-12-13-23-22(16-21)17-26(33)29(28(23)34)38-30(35,36)37/h12-19H,2-11H2,1H3. The van der Waals surface area contributed by atoms with Crippen LogP contribution >= 0.6 is 0 Å². The van der Waals surface area contributed by atoms with Gasteiger partial charge >= 0.3 is 6.36 Å². The number of benzene rings is 3. The van der Waals surface area contributed by atoms with Crippen LogP contribution in [0.1, 0.15) is 70.3 Å². The molecule has 0 unspecified atom stereocenters. The molecular formula is C30H31F7O. The first-order valence-electron chi connectivity index (χ1n) is 13.2. The van der Waals surface area contributed by atoms with Crippen molar-refractivity contribution in [3.63, 3.8) is 0 Å². The van der Waals surface area contributed by atoms with Crippen molar-refractivity contribution in [3.8, 4) is 16.9 Å². The second-order valence-corrected chi connectivity index (χ2v) is 10.3. The van der Waals surface area contributed by atoms with Gasteiger partial charge in [-0.05, 0) is 65.5 Å². The van der Waals surface area contributed by atoms with Crippen LogP contribution in [0.15, 0.2) is 36.4 Å². The quantitative estimate of drug-likeness (QED) is 0.194. The maximum Gasteiger partial charge on any atom is 0.573 e. The van der Waals surface area contributed by atoms with Gasteiger partial charge in [-0.3, -0.25) is 0 Å². The number of fused-ring (bicyclic) bond motifs is 1. The highest BCUT2D eigenvalue weighted by Crippen LogP contribution is 2.37. The first-order valence-corrected chi connectivity index (χ1v) is 13.2. The zero-order valence-electron chi connectivity index (χ0n) is 21.2. The van der Waals surface area contributed by atoms with Crippen LogP contribution < -0.4 is 4.74 Å².